The summed E-state index contributed by atoms with van der Waals surface area (Å²) in [5, 5.41) is 11.4. The van der Waals surface area contributed by atoms with Crippen molar-refractivity contribution in [3.05, 3.63) is 41.9 Å². The molecule has 0 saturated carbocycles. The van der Waals surface area contributed by atoms with Crippen molar-refractivity contribution in [2.45, 2.75) is 52.7 Å². The second-order valence-electron chi connectivity index (χ2n) is 7.65. The van der Waals surface area contributed by atoms with E-state index >= 15 is 0 Å². The highest BCUT2D eigenvalue weighted by Gasteiger charge is 2.36. The molecule has 10 heteroatoms. The molecule has 4 heterocycles. The summed E-state index contributed by atoms with van der Waals surface area (Å²) < 4.78 is 6.71. The summed E-state index contributed by atoms with van der Waals surface area (Å²) in [6.45, 7) is 8.62. The molecule has 0 aliphatic carbocycles. The summed E-state index contributed by atoms with van der Waals surface area (Å²) in [5.74, 6) is 3.12. The van der Waals surface area contributed by atoms with Crippen LogP contribution in [0.4, 0.5) is 10.6 Å². The van der Waals surface area contributed by atoms with E-state index in [1.807, 2.05) is 23.8 Å². The summed E-state index contributed by atoms with van der Waals surface area (Å²) in [6.07, 6.45) is 5.57. The lowest BCUT2D eigenvalue weighted by Crippen LogP contribution is -2.40. The zero-order valence-electron chi connectivity index (χ0n) is 18.3. The van der Waals surface area contributed by atoms with E-state index in [4.69, 9.17) is 4.98 Å². The number of carbonyl (C=O) groups excluding carboxylic acids is 1. The molecule has 0 unspecified atom stereocenters. The van der Waals surface area contributed by atoms with Gasteiger partial charge in [-0.25, -0.2) is 14.8 Å². The van der Waals surface area contributed by atoms with Crippen molar-refractivity contribution in [1.82, 2.24) is 35.0 Å². The number of carbonyl (C=O) groups is 1. The van der Waals surface area contributed by atoms with E-state index in [2.05, 4.69) is 55.9 Å². The minimum atomic E-state index is -0.506. The van der Waals surface area contributed by atoms with Crippen LogP contribution in [0.5, 0.6) is 0 Å². The molecule has 1 amide bonds. The van der Waals surface area contributed by atoms with Gasteiger partial charge in [-0.2, -0.15) is 0 Å². The summed E-state index contributed by atoms with van der Waals surface area (Å²) >= 11 is 0. The lowest BCUT2D eigenvalue weighted by Gasteiger charge is -2.39. The summed E-state index contributed by atoms with van der Waals surface area (Å²) in [5.41, 5.74) is 2.47. The minimum Gasteiger partial charge on any atom is -0.453 e. The lowest BCUT2D eigenvalue weighted by molar-refractivity contribution is 0.170. The van der Waals surface area contributed by atoms with E-state index in [1.54, 1.807) is 12.4 Å². The number of nitrogens with zero attached hydrogens (tertiary/aromatic N) is 7. The standard InChI is InChI=1S/C21H26N8O2/c1-6-16-20-27-26-13(4)29(20)17-11-23-18(25-19(17)28(16)12(2)3)15-7-8-22-9-14(15)10-24-21(30)31-5/h7-9,11-12,16H,6,10H2,1-5H3,(H,24,30)/t16-/m1/s1. The molecular formula is C21H26N8O2. The fourth-order valence-electron chi connectivity index (χ4n) is 4.02. The predicted octanol–water partition coefficient (Wildman–Crippen LogP) is 2.96. The number of fused-ring (bicyclic) bond motifs is 3. The maximum absolute atomic E-state index is 11.5. The second kappa shape index (κ2) is 8.29. The normalized spacial score (nSPS) is 14.9. The molecule has 0 radical (unpaired) electrons. The first kappa shape index (κ1) is 20.7. The molecule has 0 aromatic carbocycles. The smallest absolute Gasteiger partial charge is 0.407 e. The number of pyridine rings is 1. The molecule has 3 aromatic rings. The molecule has 0 spiro atoms. The highest BCUT2D eigenvalue weighted by Crippen LogP contribution is 2.40. The molecule has 1 aliphatic rings. The van der Waals surface area contributed by atoms with Gasteiger partial charge in [-0.05, 0) is 33.3 Å². The van der Waals surface area contributed by atoms with Crippen molar-refractivity contribution in [2.75, 3.05) is 12.0 Å². The van der Waals surface area contributed by atoms with Crippen LogP contribution in [0.2, 0.25) is 0 Å². The van der Waals surface area contributed by atoms with Crippen molar-refractivity contribution in [3.8, 4) is 17.1 Å². The van der Waals surface area contributed by atoms with Gasteiger partial charge in [0.1, 0.15) is 11.5 Å². The van der Waals surface area contributed by atoms with Crippen LogP contribution >= 0.6 is 0 Å². The highest BCUT2D eigenvalue weighted by molar-refractivity contribution is 5.70. The Hall–Kier alpha value is -3.56. The van der Waals surface area contributed by atoms with Gasteiger partial charge in [0.2, 0.25) is 0 Å². The largest absolute Gasteiger partial charge is 0.453 e. The number of hydrogen-bond donors (Lipinski definition) is 1. The molecule has 1 atom stereocenters. The number of aromatic nitrogens is 6. The predicted molar refractivity (Wildman–Crippen MR) is 115 cm³/mol. The quantitative estimate of drug-likeness (QED) is 0.668. The number of hydrogen-bond acceptors (Lipinski definition) is 8. The molecule has 3 aromatic heterocycles. The average Bonchev–Trinajstić information content (AvgIpc) is 3.17. The fraction of sp³-hybridized carbons (Fsp3) is 0.429. The number of aryl methyl sites for hydroxylation is 1. The number of amides is 1. The number of ether oxygens (including phenoxy) is 1. The summed E-state index contributed by atoms with van der Waals surface area (Å²) in [6, 6.07) is 2.12. The average molecular weight is 422 g/mol. The summed E-state index contributed by atoms with van der Waals surface area (Å²) in [4.78, 5) is 27.6. The Labute approximate surface area is 180 Å². The SMILES string of the molecule is CC[C@@H]1c2nnc(C)n2-c2cnc(-c3ccncc3CNC(=O)OC)nc2N1C(C)C. The van der Waals surface area contributed by atoms with Crippen LogP contribution in [-0.2, 0) is 11.3 Å². The Morgan fingerprint density at radius 1 is 1.29 bits per heavy atom. The van der Waals surface area contributed by atoms with Crippen LogP contribution in [0.25, 0.3) is 17.1 Å². The van der Waals surface area contributed by atoms with Gasteiger partial charge in [0.25, 0.3) is 0 Å². The molecule has 1 N–H and O–H groups in total. The number of methoxy groups -OCH3 is 1. The van der Waals surface area contributed by atoms with Gasteiger partial charge >= 0.3 is 6.09 Å². The molecule has 0 bridgehead atoms. The first-order valence-electron chi connectivity index (χ1n) is 10.3. The summed E-state index contributed by atoms with van der Waals surface area (Å²) in [7, 11) is 1.33. The van der Waals surface area contributed by atoms with Gasteiger partial charge in [0.05, 0.1) is 19.3 Å². The van der Waals surface area contributed by atoms with E-state index in [1.165, 1.54) is 7.11 Å². The number of rotatable bonds is 5. The molecule has 1 aliphatic heterocycles. The lowest BCUT2D eigenvalue weighted by atomic mass is 10.1. The molecular weight excluding hydrogens is 396 g/mol. The van der Waals surface area contributed by atoms with Gasteiger partial charge < -0.3 is 15.0 Å². The van der Waals surface area contributed by atoms with E-state index in [-0.39, 0.29) is 18.6 Å². The zero-order valence-corrected chi connectivity index (χ0v) is 18.3. The van der Waals surface area contributed by atoms with Gasteiger partial charge in [-0.15, -0.1) is 10.2 Å². The maximum Gasteiger partial charge on any atom is 0.407 e. The molecule has 162 valence electrons. The van der Waals surface area contributed by atoms with Crippen molar-refractivity contribution >= 4 is 11.9 Å². The van der Waals surface area contributed by atoms with E-state index < -0.39 is 6.09 Å². The van der Waals surface area contributed by atoms with Crippen molar-refractivity contribution < 1.29 is 9.53 Å². The van der Waals surface area contributed by atoms with Crippen LogP contribution in [-0.4, -0.2) is 49.0 Å². The number of anilines is 1. The van der Waals surface area contributed by atoms with Crippen molar-refractivity contribution in [3.63, 3.8) is 0 Å². The maximum atomic E-state index is 11.5. The second-order valence-corrected chi connectivity index (χ2v) is 7.65. The van der Waals surface area contributed by atoms with Crippen LogP contribution in [0.15, 0.2) is 24.7 Å². The minimum absolute atomic E-state index is 0.0642. The number of alkyl carbamates (subject to hydrolysis) is 1. The van der Waals surface area contributed by atoms with Crippen molar-refractivity contribution in [1.29, 1.82) is 0 Å². The third-order valence-electron chi connectivity index (χ3n) is 5.42. The topological polar surface area (TPSA) is 111 Å². The Kier molecular flexibility index (Phi) is 5.53. The van der Waals surface area contributed by atoms with Crippen molar-refractivity contribution in [2.24, 2.45) is 0 Å². The van der Waals surface area contributed by atoms with Crippen LogP contribution in [0, 0.1) is 6.92 Å². The molecule has 0 fully saturated rings. The third kappa shape index (κ3) is 3.58. The van der Waals surface area contributed by atoms with E-state index in [0.717, 1.165) is 40.7 Å². The highest BCUT2D eigenvalue weighted by atomic mass is 16.5. The Bertz CT molecular complexity index is 1110. The first-order chi connectivity index (χ1) is 15.0. The Morgan fingerprint density at radius 3 is 2.81 bits per heavy atom. The monoisotopic (exact) mass is 422 g/mol. The third-order valence-corrected chi connectivity index (χ3v) is 5.42. The molecule has 10 nitrogen and oxygen atoms in total. The zero-order chi connectivity index (χ0) is 22.1. The first-order valence-corrected chi connectivity index (χ1v) is 10.3. The van der Waals surface area contributed by atoms with E-state index in [9.17, 15) is 4.79 Å². The van der Waals surface area contributed by atoms with Gasteiger partial charge in [0.15, 0.2) is 17.5 Å². The molecule has 0 saturated heterocycles. The molecule has 4 rings (SSSR count). The van der Waals surface area contributed by atoms with Gasteiger partial charge in [-0.3, -0.25) is 9.55 Å². The fourth-order valence-corrected chi connectivity index (χ4v) is 4.02. The molecule has 31 heavy (non-hydrogen) atoms. The van der Waals surface area contributed by atoms with Gasteiger partial charge in [0, 0.05) is 36.1 Å². The van der Waals surface area contributed by atoms with Gasteiger partial charge in [-0.1, -0.05) is 6.92 Å². The van der Waals surface area contributed by atoms with E-state index in [0.29, 0.717) is 5.82 Å². The van der Waals surface area contributed by atoms with Crippen LogP contribution in [0.3, 0.4) is 0 Å². The Morgan fingerprint density at radius 2 is 2.10 bits per heavy atom. The van der Waals surface area contributed by atoms with Crippen LogP contribution in [0.1, 0.15) is 50.4 Å². The van der Waals surface area contributed by atoms with Crippen LogP contribution < -0.4 is 10.2 Å². The number of nitrogens with one attached hydrogen (secondary N) is 1. The Balaban J connectivity index is 1.83.